The van der Waals surface area contributed by atoms with Gasteiger partial charge in [0.25, 0.3) is 0 Å². The first kappa shape index (κ1) is 17.1. The molecule has 2 aromatic rings. The molecule has 2 N–H and O–H groups in total. The highest BCUT2D eigenvalue weighted by atomic mass is 16.2. The van der Waals surface area contributed by atoms with Gasteiger partial charge in [0, 0.05) is 18.3 Å². The number of anilines is 1. The molecule has 0 aliphatic carbocycles. The maximum atomic E-state index is 12.0. The standard InChI is InChI=1S/C18H26N4O/c1-14(2)9-10-15(3)19-18(23)20-17-11-12-22(21-17)13-16-7-5-4-6-8-16/h4-8,11-12,14-15H,9-10,13H2,1-3H3,(H2,19,20,21,23). The van der Waals surface area contributed by atoms with E-state index in [1.807, 2.05) is 36.0 Å². The summed E-state index contributed by atoms with van der Waals surface area (Å²) in [5.74, 6) is 1.21. The van der Waals surface area contributed by atoms with E-state index in [1.165, 1.54) is 5.56 Å². The van der Waals surface area contributed by atoms with Gasteiger partial charge in [-0.3, -0.25) is 10.00 Å². The van der Waals surface area contributed by atoms with Crippen molar-refractivity contribution in [3.05, 3.63) is 48.2 Å². The Kier molecular flexibility index (Phi) is 6.20. The van der Waals surface area contributed by atoms with Crippen LogP contribution < -0.4 is 10.6 Å². The summed E-state index contributed by atoms with van der Waals surface area (Å²) >= 11 is 0. The van der Waals surface area contributed by atoms with Gasteiger partial charge in [-0.1, -0.05) is 44.2 Å². The van der Waals surface area contributed by atoms with Crippen LogP contribution in [0, 0.1) is 5.92 Å². The predicted molar refractivity (Wildman–Crippen MR) is 93.5 cm³/mol. The highest BCUT2D eigenvalue weighted by molar-refractivity contribution is 5.88. The molecule has 0 bridgehead atoms. The van der Waals surface area contributed by atoms with Crippen molar-refractivity contribution in [3.8, 4) is 0 Å². The Bertz CT molecular complexity index is 606. The summed E-state index contributed by atoms with van der Waals surface area (Å²) in [7, 11) is 0. The van der Waals surface area contributed by atoms with Gasteiger partial charge in [0.05, 0.1) is 6.54 Å². The van der Waals surface area contributed by atoms with Gasteiger partial charge in [0.15, 0.2) is 5.82 Å². The van der Waals surface area contributed by atoms with E-state index in [1.54, 1.807) is 6.07 Å². The van der Waals surface area contributed by atoms with Crippen LogP contribution in [0.15, 0.2) is 42.6 Å². The van der Waals surface area contributed by atoms with Crippen LogP contribution in [0.5, 0.6) is 0 Å². The van der Waals surface area contributed by atoms with Crippen LogP contribution in [-0.2, 0) is 6.54 Å². The van der Waals surface area contributed by atoms with Crippen LogP contribution in [0.1, 0.15) is 39.2 Å². The van der Waals surface area contributed by atoms with Gasteiger partial charge < -0.3 is 5.32 Å². The molecule has 1 aromatic carbocycles. The molecule has 0 fully saturated rings. The number of benzene rings is 1. The number of urea groups is 1. The summed E-state index contributed by atoms with van der Waals surface area (Å²) < 4.78 is 1.81. The summed E-state index contributed by atoms with van der Waals surface area (Å²) in [6.07, 6.45) is 3.95. The molecule has 0 saturated carbocycles. The molecular formula is C18H26N4O. The first-order chi connectivity index (χ1) is 11.0. The van der Waals surface area contributed by atoms with Crippen LogP contribution in [0.25, 0.3) is 0 Å². The topological polar surface area (TPSA) is 59.0 Å². The van der Waals surface area contributed by atoms with Gasteiger partial charge in [0.1, 0.15) is 0 Å². The van der Waals surface area contributed by atoms with Crippen LogP contribution in [-0.4, -0.2) is 21.9 Å². The average molecular weight is 314 g/mol. The Morgan fingerprint density at radius 1 is 1.13 bits per heavy atom. The maximum Gasteiger partial charge on any atom is 0.320 e. The zero-order chi connectivity index (χ0) is 16.7. The molecule has 124 valence electrons. The number of rotatable bonds is 7. The SMILES string of the molecule is CC(C)CCC(C)NC(=O)Nc1ccn(Cc2ccccc2)n1. The lowest BCUT2D eigenvalue weighted by Crippen LogP contribution is -2.36. The molecule has 2 amide bonds. The molecule has 23 heavy (non-hydrogen) atoms. The number of carbonyl (C=O) groups is 1. The van der Waals surface area contributed by atoms with Crippen LogP contribution >= 0.6 is 0 Å². The van der Waals surface area contributed by atoms with E-state index in [0.29, 0.717) is 18.3 Å². The second-order valence-electron chi connectivity index (χ2n) is 6.35. The largest absolute Gasteiger partial charge is 0.335 e. The number of aromatic nitrogens is 2. The predicted octanol–water partition coefficient (Wildman–Crippen LogP) is 3.88. The third-order valence-corrected chi connectivity index (χ3v) is 3.62. The second-order valence-corrected chi connectivity index (χ2v) is 6.35. The maximum absolute atomic E-state index is 12.0. The minimum atomic E-state index is -0.203. The molecule has 1 aromatic heterocycles. The second kappa shape index (κ2) is 8.36. The summed E-state index contributed by atoms with van der Waals surface area (Å²) in [4.78, 5) is 12.0. The fraction of sp³-hybridized carbons (Fsp3) is 0.444. The fourth-order valence-corrected chi connectivity index (χ4v) is 2.32. The molecule has 1 atom stereocenters. The van der Waals surface area contributed by atoms with E-state index in [0.717, 1.165) is 12.8 Å². The van der Waals surface area contributed by atoms with E-state index < -0.39 is 0 Å². The lowest BCUT2D eigenvalue weighted by molar-refractivity contribution is 0.248. The van der Waals surface area contributed by atoms with Crippen molar-refractivity contribution >= 4 is 11.8 Å². The summed E-state index contributed by atoms with van der Waals surface area (Å²) in [6, 6.07) is 11.9. The Morgan fingerprint density at radius 3 is 2.57 bits per heavy atom. The molecule has 1 unspecified atom stereocenters. The van der Waals surface area contributed by atoms with Crippen LogP contribution in [0.2, 0.25) is 0 Å². The van der Waals surface area contributed by atoms with Gasteiger partial charge >= 0.3 is 6.03 Å². The highest BCUT2D eigenvalue weighted by Gasteiger charge is 2.09. The van der Waals surface area contributed by atoms with E-state index in [4.69, 9.17) is 0 Å². The lowest BCUT2D eigenvalue weighted by Gasteiger charge is -2.15. The molecule has 0 radical (unpaired) electrons. The van der Waals surface area contributed by atoms with Crippen LogP contribution in [0.4, 0.5) is 10.6 Å². The molecule has 2 rings (SSSR count). The molecule has 1 heterocycles. The number of nitrogens with zero attached hydrogens (tertiary/aromatic N) is 2. The number of hydrogen-bond donors (Lipinski definition) is 2. The van der Waals surface area contributed by atoms with Gasteiger partial charge in [0.2, 0.25) is 0 Å². The molecule has 0 aliphatic heterocycles. The van der Waals surface area contributed by atoms with Crippen molar-refractivity contribution in [2.75, 3.05) is 5.32 Å². The monoisotopic (exact) mass is 314 g/mol. The van der Waals surface area contributed by atoms with Gasteiger partial charge in [-0.05, 0) is 31.2 Å². The Hall–Kier alpha value is -2.30. The van der Waals surface area contributed by atoms with E-state index in [2.05, 4.69) is 41.7 Å². The summed E-state index contributed by atoms with van der Waals surface area (Å²) in [6.45, 7) is 7.09. The zero-order valence-electron chi connectivity index (χ0n) is 14.1. The third kappa shape index (κ3) is 6.14. The normalized spacial score (nSPS) is 12.2. The highest BCUT2D eigenvalue weighted by Crippen LogP contribution is 2.08. The molecule has 5 heteroatoms. The Balaban J connectivity index is 1.80. The zero-order valence-corrected chi connectivity index (χ0v) is 14.1. The molecular weight excluding hydrogens is 288 g/mol. The number of hydrogen-bond acceptors (Lipinski definition) is 2. The van der Waals surface area contributed by atoms with Gasteiger partial charge in [-0.2, -0.15) is 5.10 Å². The lowest BCUT2D eigenvalue weighted by atomic mass is 10.0. The van der Waals surface area contributed by atoms with Crippen LogP contribution in [0.3, 0.4) is 0 Å². The first-order valence-electron chi connectivity index (χ1n) is 8.18. The minimum absolute atomic E-state index is 0.156. The van der Waals surface area contributed by atoms with Gasteiger partial charge in [-0.25, -0.2) is 4.79 Å². The number of amides is 2. The van der Waals surface area contributed by atoms with E-state index in [-0.39, 0.29) is 12.1 Å². The molecule has 0 saturated heterocycles. The molecule has 0 spiro atoms. The van der Waals surface area contributed by atoms with Crippen molar-refractivity contribution in [1.29, 1.82) is 0 Å². The fourth-order valence-electron chi connectivity index (χ4n) is 2.32. The average Bonchev–Trinajstić information content (AvgIpc) is 2.93. The molecule has 5 nitrogen and oxygen atoms in total. The summed E-state index contributed by atoms with van der Waals surface area (Å²) in [5.41, 5.74) is 1.17. The van der Waals surface area contributed by atoms with Crippen molar-refractivity contribution in [3.63, 3.8) is 0 Å². The van der Waals surface area contributed by atoms with E-state index in [9.17, 15) is 4.79 Å². The summed E-state index contributed by atoms with van der Waals surface area (Å²) in [5, 5.41) is 10.1. The Morgan fingerprint density at radius 2 is 1.87 bits per heavy atom. The third-order valence-electron chi connectivity index (χ3n) is 3.62. The quantitative estimate of drug-likeness (QED) is 0.815. The molecule has 0 aliphatic rings. The number of nitrogens with one attached hydrogen (secondary N) is 2. The Labute approximate surface area is 138 Å². The van der Waals surface area contributed by atoms with Crippen molar-refractivity contribution in [2.45, 2.75) is 46.2 Å². The van der Waals surface area contributed by atoms with E-state index >= 15 is 0 Å². The van der Waals surface area contributed by atoms with Crippen molar-refractivity contribution in [2.24, 2.45) is 5.92 Å². The van der Waals surface area contributed by atoms with Crippen molar-refractivity contribution in [1.82, 2.24) is 15.1 Å². The van der Waals surface area contributed by atoms with Gasteiger partial charge in [-0.15, -0.1) is 0 Å². The first-order valence-corrected chi connectivity index (χ1v) is 8.18. The number of carbonyl (C=O) groups excluding carboxylic acids is 1. The van der Waals surface area contributed by atoms with Crippen molar-refractivity contribution < 1.29 is 4.79 Å². The minimum Gasteiger partial charge on any atom is -0.335 e. The smallest absolute Gasteiger partial charge is 0.320 e.